The van der Waals surface area contributed by atoms with Gasteiger partial charge in [0, 0.05) is 19.8 Å². The molecular weight excluding hydrogens is 300 g/mol. The summed E-state index contributed by atoms with van der Waals surface area (Å²) in [7, 11) is 4.80. The maximum absolute atomic E-state index is 11.9. The summed E-state index contributed by atoms with van der Waals surface area (Å²) in [6.45, 7) is -0.0656. The summed E-state index contributed by atoms with van der Waals surface area (Å²) >= 11 is 0. The zero-order valence-corrected chi connectivity index (χ0v) is 13.1. The van der Waals surface area contributed by atoms with Crippen LogP contribution < -0.4 is 15.4 Å². The first-order valence-electron chi connectivity index (χ1n) is 6.80. The van der Waals surface area contributed by atoms with Gasteiger partial charge in [0.15, 0.2) is 5.82 Å². The van der Waals surface area contributed by atoms with Crippen LogP contribution >= 0.6 is 0 Å². The number of methoxy groups -OCH3 is 1. The normalized spacial score (nSPS) is 10.0. The van der Waals surface area contributed by atoms with Crippen molar-refractivity contribution in [3.8, 4) is 5.75 Å². The minimum absolute atomic E-state index is 0.0656. The molecular formula is C14H18N6O3. The highest BCUT2D eigenvalue weighted by Crippen LogP contribution is 2.14. The highest BCUT2D eigenvalue weighted by atomic mass is 16.5. The van der Waals surface area contributed by atoms with E-state index in [1.807, 2.05) is 0 Å². The molecule has 0 radical (unpaired) electrons. The quantitative estimate of drug-likeness (QED) is 0.857. The summed E-state index contributed by atoms with van der Waals surface area (Å²) in [5.74, 6) is 0.704. The molecule has 2 rings (SSSR count). The first-order valence-corrected chi connectivity index (χ1v) is 6.80. The van der Waals surface area contributed by atoms with Crippen LogP contribution in [-0.4, -0.2) is 53.0 Å². The molecule has 0 aliphatic carbocycles. The number of hydrogen-bond donors (Lipinski definition) is 2. The van der Waals surface area contributed by atoms with Crippen molar-refractivity contribution in [2.24, 2.45) is 0 Å². The van der Waals surface area contributed by atoms with Crippen LogP contribution in [0.5, 0.6) is 5.75 Å². The minimum atomic E-state index is -0.320. The Morgan fingerprint density at radius 3 is 2.52 bits per heavy atom. The van der Waals surface area contributed by atoms with Crippen molar-refractivity contribution in [1.82, 2.24) is 19.9 Å². The molecule has 0 aliphatic rings. The lowest BCUT2D eigenvalue weighted by molar-refractivity contribution is -0.117. The molecule has 0 spiro atoms. The van der Waals surface area contributed by atoms with Crippen LogP contribution in [0, 0.1) is 0 Å². The molecule has 122 valence electrons. The molecule has 0 aliphatic heterocycles. The molecule has 9 nitrogen and oxygen atoms in total. The highest BCUT2D eigenvalue weighted by molar-refractivity contribution is 5.90. The van der Waals surface area contributed by atoms with E-state index in [9.17, 15) is 9.59 Å². The van der Waals surface area contributed by atoms with Gasteiger partial charge in [-0.15, -0.1) is 5.10 Å². The van der Waals surface area contributed by atoms with Crippen molar-refractivity contribution in [3.63, 3.8) is 0 Å². The van der Waals surface area contributed by atoms with Crippen molar-refractivity contribution < 1.29 is 14.3 Å². The molecule has 1 aromatic heterocycles. The molecule has 1 aromatic carbocycles. The number of urea groups is 1. The van der Waals surface area contributed by atoms with Crippen molar-refractivity contribution >= 4 is 23.4 Å². The molecule has 0 saturated carbocycles. The van der Waals surface area contributed by atoms with Gasteiger partial charge < -0.3 is 15.0 Å². The number of benzene rings is 1. The third-order valence-electron chi connectivity index (χ3n) is 2.84. The van der Waals surface area contributed by atoms with Gasteiger partial charge >= 0.3 is 6.03 Å². The Morgan fingerprint density at radius 2 is 1.91 bits per heavy atom. The second-order valence-corrected chi connectivity index (χ2v) is 4.86. The summed E-state index contributed by atoms with van der Waals surface area (Å²) in [4.78, 5) is 26.0. The van der Waals surface area contributed by atoms with Crippen LogP contribution in [0.4, 0.5) is 16.3 Å². The monoisotopic (exact) mass is 318 g/mol. The maximum Gasteiger partial charge on any atom is 0.322 e. The summed E-state index contributed by atoms with van der Waals surface area (Å²) in [5, 5.41) is 13.2. The molecule has 3 amide bonds. The van der Waals surface area contributed by atoms with Crippen LogP contribution in [0.2, 0.25) is 0 Å². The van der Waals surface area contributed by atoms with Gasteiger partial charge in [-0.05, 0) is 24.3 Å². The van der Waals surface area contributed by atoms with Gasteiger partial charge in [-0.25, -0.2) is 4.79 Å². The molecule has 1 heterocycles. The lowest BCUT2D eigenvalue weighted by atomic mass is 10.3. The number of nitrogens with one attached hydrogen (secondary N) is 2. The van der Waals surface area contributed by atoms with E-state index in [4.69, 9.17) is 4.74 Å². The lowest BCUT2D eigenvalue weighted by Crippen LogP contribution is -2.27. The lowest BCUT2D eigenvalue weighted by Gasteiger charge is -2.09. The fourth-order valence-electron chi connectivity index (χ4n) is 1.66. The van der Waals surface area contributed by atoms with Gasteiger partial charge in [0.2, 0.25) is 5.91 Å². The number of amides is 3. The van der Waals surface area contributed by atoms with Crippen molar-refractivity contribution in [2.45, 2.75) is 6.54 Å². The van der Waals surface area contributed by atoms with Gasteiger partial charge in [0.05, 0.1) is 13.3 Å². The largest absolute Gasteiger partial charge is 0.497 e. The van der Waals surface area contributed by atoms with E-state index in [2.05, 4.69) is 20.8 Å². The Bertz CT molecular complexity index is 680. The zero-order valence-electron chi connectivity index (χ0n) is 13.1. The number of nitrogens with zero attached hydrogens (tertiary/aromatic N) is 4. The van der Waals surface area contributed by atoms with E-state index < -0.39 is 0 Å². The van der Waals surface area contributed by atoms with E-state index in [0.717, 1.165) is 0 Å². The van der Waals surface area contributed by atoms with E-state index in [1.54, 1.807) is 45.5 Å². The average molecular weight is 318 g/mol. The van der Waals surface area contributed by atoms with E-state index >= 15 is 0 Å². The van der Waals surface area contributed by atoms with Gasteiger partial charge in [-0.2, -0.15) is 9.90 Å². The fourth-order valence-corrected chi connectivity index (χ4v) is 1.66. The Morgan fingerprint density at radius 1 is 1.22 bits per heavy atom. The standard InChI is InChI=1S/C14H18N6O3/c1-19(2)14(22)17-12-8-15-20(18-12)9-13(21)16-10-4-6-11(23-3)7-5-10/h4-8H,9H2,1-3H3,(H,16,21)(H,17,18,22). The van der Waals surface area contributed by atoms with E-state index in [-0.39, 0.29) is 24.3 Å². The number of anilines is 2. The SMILES string of the molecule is COc1ccc(NC(=O)Cn2ncc(NC(=O)N(C)C)n2)cc1. The number of rotatable bonds is 5. The van der Waals surface area contributed by atoms with Crippen LogP contribution in [-0.2, 0) is 11.3 Å². The number of hydrogen-bond acceptors (Lipinski definition) is 5. The number of carbonyl (C=O) groups excluding carboxylic acids is 2. The van der Waals surface area contributed by atoms with Crippen molar-refractivity contribution in [3.05, 3.63) is 30.5 Å². The van der Waals surface area contributed by atoms with Crippen molar-refractivity contribution in [1.29, 1.82) is 0 Å². The number of aromatic nitrogens is 3. The molecule has 9 heteroatoms. The van der Waals surface area contributed by atoms with E-state index in [0.29, 0.717) is 11.4 Å². The smallest absolute Gasteiger partial charge is 0.322 e. The zero-order chi connectivity index (χ0) is 16.8. The average Bonchev–Trinajstić information content (AvgIpc) is 2.94. The minimum Gasteiger partial charge on any atom is -0.497 e. The Hall–Kier alpha value is -3.10. The maximum atomic E-state index is 11.9. The summed E-state index contributed by atoms with van der Waals surface area (Å²) < 4.78 is 5.05. The first kappa shape index (κ1) is 16.3. The third kappa shape index (κ3) is 4.70. The third-order valence-corrected chi connectivity index (χ3v) is 2.84. The molecule has 2 N–H and O–H groups in total. The molecule has 0 atom stereocenters. The topological polar surface area (TPSA) is 101 Å². The van der Waals surface area contributed by atoms with Crippen molar-refractivity contribution in [2.75, 3.05) is 31.8 Å². The van der Waals surface area contributed by atoms with Gasteiger partial charge in [0.25, 0.3) is 0 Å². The second kappa shape index (κ2) is 7.25. The molecule has 23 heavy (non-hydrogen) atoms. The summed E-state index contributed by atoms with van der Waals surface area (Å²) in [6.07, 6.45) is 1.38. The molecule has 2 aromatic rings. The number of carbonyl (C=O) groups is 2. The number of ether oxygens (including phenoxy) is 1. The van der Waals surface area contributed by atoms with Crippen LogP contribution in [0.15, 0.2) is 30.5 Å². The summed E-state index contributed by atoms with van der Waals surface area (Å²) in [5.41, 5.74) is 0.643. The first-order chi connectivity index (χ1) is 11.0. The van der Waals surface area contributed by atoms with E-state index in [1.165, 1.54) is 15.9 Å². The Kier molecular flexibility index (Phi) is 5.13. The summed E-state index contributed by atoms with van der Waals surface area (Å²) in [6, 6.07) is 6.64. The van der Waals surface area contributed by atoms with Crippen LogP contribution in [0.1, 0.15) is 0 Å². The van der Waals surface area contributed by atoms with Crippen LogP contribution in [0.25, 0.3) is 0 Å². The predicted octanol–water partition coefficient (Wildman–Crippen LogP) is 1.02. The van der Waals surface area contributed by atoms with Gasteiger partial charge in [-0.1, -0.05) is 0 Å². The van der Waals surface area contributed by atoms with Gasteiger partial charge in [-0.3, -0.25) is 10.1 Å². The molecule has 0 bridgehead atoms. The molecule has 0 saturated heterocycles. The Labute approximate surface area is 133 Å². The second-order valence-electron chi connectivity index (χ2n) is 4.86. The molecule has 0 fully saturated rings. The fraction of sp³-hybridized carbons (Fsp3) is 0.286. The molecule has 0 unspecified atom stereocenters. The highest BCUT2D eigenvalue weighted by Gasteiger charge is 2.10. The predicted molar refractivity (Wildman–Crippen MR) is 84.4 cm³/mol. The van der Waals surface area contributed by atoms with Gasteiger partial charge in [0.1, 0.15) is 12.3 Å². The Balaban J connectivity index is 1.90. The van der Waals surface area contributed by atoms with Crippen LogP contribution in [0.3, 0.4) is 0 Å².